The molecule has 0 saturated heterocycles. The van der Waals surface area contributed by atoms with Gasteiger partial charge in [-0.05, 0) is 19.9 Å². The topological polar surface area (TPSA) is 126 Å². The Morgan fingerprint density at radius 1 is 1.43 bits per heavy atom. The molecule has 9 heteroatoms. The van der Waals surface area contributed by atoms with E-state index in [9.17, 15) is 19.5 Å². The SMILES string of the molecule is CC(C)n1c(=O)c(C(=O)NCC(=O)O)c(O)c2ccnn21. The number of carbonyl (C=O) groups excluding carboxylic acids is 1. The normalized spacial score (nSPS) is 11.0. The van der Waals surface area contributed by atoms with Crippen molar-refractivity contribution in [3.63, 3.8) is 0 Å². The third kappa shape index (κ3) is 2.45. The first-order chi connectivity index (χ1) is 9.84. The highest BCUT2D eigenvalue weighted by Crippen LogP contribution is 2.21. The fourth-order valence-corrected chi connectivity index (χ4v) is 1.97. The van der Waals surface area contributed by atoms with Gasteiger partial charge in [0.15, 0.2) is 11.3 Å². The lowest BCUT2D eigenvalue weighted by atomic mass is 10.2. The number of carboxylic acids is 1. The van der Waals surface area contributed by atoms with Crippen molar-refractivity contribution in [2.75, 3.05) is 6.54 Å². The minimum atomic E-state index is -1.25. The van der Waals surface area contributed by atoms with E-state index in [1.54, 1.807) is 13.8 Å². The van der Waals surface area contributed by atoms with Gasteiger partial charge in [-0.25, -0.2) is 4.68 Å². The van der Waals surface area contributed by atoms with Gasteiger partial charge in [-0.15, -0.1) is 0 Å². The van der Waals surface area contributed by atoms with Gasteiger partial charge in [-0.2, -0.15) is 9.73 Å². The molecule has 21 heavy (non-hydrogen) atoms. The Hall–Kier alpha value is -2.84. The van der Waals surface area contributed by atoms with E-state index >= 15 is 0 Å². The number of aliphatic carboxylic acids is 1. The van der Waals surface area contributed by atoms with Crippen molar-refractivity contribution in [2.45, 2.75) is 19.9 Å². The van der Waals surface area contributed by atoms with Gasteiger partial charge in [-0.1, -0.05) is 0 Å². The number of aromatic nitrogens is 3. The van der Waals surface area contributed by atoms with Crippen LogP contribution in [0, 0.1) is 0 Å². The molecule has 0 aliphatic rings. The van der Waals surface area contributed by atoms with Crippen LogP contribution < -0.4 is 10.9 Å². The molecule has 112 valence electrons. The van der Waals surface area contributed by atoms with Gasteiger partial charge in [0.1, 0.15) is 12.1 Å². The van der Waals surface area contributed by atoms with Crippen LogP contribution in [0.3, 0.4) is 0 Å². The van der Waals surface area contributed by atoms with Gasteiger partial charge in [0, 0.05) is 0 Å². The molecule has 0 radical (unpaired) electrons. The van der Waals surface area contributed by atoms with Gasteiger partial charge in [0.05, 0.1) is 12.2 Å². The Morgan fingerprint density at radius 3 is 2.67 bits per heavy atom. The summed E-state index contributed by atoms with van der Waals surface area (Å²) in [7, 11) is 0. The molecular weight excluding hydrogens is 280 g/mol. The first-order valence-electron chi connectivity index (χ1n) is 6.16. The standard InChI is InChI=1S/C12H14N4O5/c1-6(2)15-12(21)9(11(20)13-5-8(17)18)10(19)7-3-4-14-16(7)15/h3-4,6,19H,5H2,1-2H3,(H,13,20)(H,17,18). The van der Waals surface area contributed by atoms with Crippen LogP contribution in [0.1, 0.15) is 30.2 Å². The van der Waals surface area contributed by atoms with Crippen LogP contribution in [0.4, 0.5) is 0 Å². The van der Waals surface area contributed by atoms with Gasteiger partial charge in [-0.3, -0.25) is 14.4 Å². The summed E-state index contributed by atoms with van der Waals surface area (Å²) in [6, 6.07) is 1.13. The number of hydrogen-bond donors (Lipinski definition) is 3. The molecule has 3 N–H and O–H groups in total. The van der Waals surface area contributed by atoms with E-state index in [1.165, 1.54) is 21.6 Å². The summed E-state index contributed by atoms with van der Waals surface area (Å²) in [6.07, 6.45) is 1.38. The second-order valence-corrected chi connectivity index (χ2v) is 4.65. The molecule has 2 rings (SSSR count). The molecule has 0 fully saturated rings. The summed E-state index contributed by atoms with van der Waals surface area (Å²) in [5.41, 5.74) is -1.07. The first-order valence-corrected chi connectivity index (χ1v) is 6.16. The summed E-state index contributed by atoms with van der Waals surface area (Å²) in [5, 5.41) is 24.6. The van der Waals surface area contributed by atoms with Crippen molar-refractivity contribution in [1.82, 2.24) is 19.7 Å². The quantitative estimate of drug-likeness (QED) is 0.704. The van der Waals surface area contributed by atoms with Crippen LogP contribution in [0.15, 0.2) is 17.1 Å². The summed E-state index contributed by atoms with van der Waals surface area (Å²) in [4.78, 5) is 34.8. The zero-order chi connectivity index (χ0) is 15.7. The van der Waals surface area contributed by atoms with Gasteiger partial charge >= 0.3 is 5.97 Å². The number of carbonyl (C=O) groups is 2. The summed E-state index contributed by atoms with van der Waals surface area (Å²) in [5.74, 6) is -2.73. The predicted octanol–water partition coefficient (Wildman–Crippen LogP) is -0.403. The van der Waals surface area contributed by atoms with Crippen LogP contribution >= 0.6 is 0 Å². The van der Waals surface area contributed by atoms with Crippen molar-refractivity contribution >= 4 is 17.4 Å². The maximum atomic E-state index is 12.4. The summed E-state index contributed by atoms with van der Waals surface area (Å²) >= 11 is 0. The molecule has 0 aliphatic carbocycles. The Bertz CT molecular complexity index is 774. The van der Waals surface area contributed by atoms with Crippen molar-refractivity contribution in [2.24, 2.45) is 0 Å². The van der Waals surface area contributed by atoms with Crippen LogP contribution in [0.5, 0.6) is 5.75 Å². The van der Waals surface area contributed by atoms with Crippen LogP contribution in [-0.4, -0.2) is 43.0 Å². The van der Waals surface area contributed by atoms with Crippen molar-refractivity contribution in [3.05, 3.63) is 28.2 Å². The minimum absolute atomic E-state index is 0.184. The zero-order valence-electron chi connectivity index (χ0n) is 11.4. The Kier molecular flexibility index (Phi) is 3.66. The van der Waals surface area contributed by atoms with Crippen LogP contribution in [0.25, 0.3) is 5.52 Å². The molecule has 2 heterocycles. The average molecular weight is 294 g/mol. The zero-order valence-corrected chi connectivity index (χ0v) is 11.4. The molecule has 9 nitrogen and oxygen atoms in total. The fourth-order valence-electron chi connectivity index (χ4n) is 1.97. The van der Waals surface area contributed by atoms with Crippen LogP contribution in [-0.2, 0) is 4.79 Å². The third-order valence-electron chi connectivity index (χ3n) is 2.85. The number of fused-ring (bicyclic) bond motifs is 1. The molecule has 0 saturated carbocycles. The van der Waals surface area contributed by atoms with E-state index < -0.39 is 35.3 Å². The molecule has 0 unspecified atom stereocenters. The van der Waals surface area contributed by atoms with Gasteiger partial charge in [0.2, 0.25) is 0 Å². The van der Waals surface area contributed by atoms with E-state index in [-0.39, 0.29) is 11.6 Å². The minimum Gasteiger partial charge on any atom is -0.505 e. The molecule has 0 bridgehead atoms. The third-order valence-corrected chi connectivity index (χ3v) is 2.85. The second-order valence-electron chi connectivity index (χ2n) is 4.65. The average Bonchev–Trinajstić information content (AvgIpc) is 2.85. The molecule has 0 aliphatic heterocycles. The smallest absolute Gasteiger partial charge is 0.322 e. The fraction of sp³-hybridized carbons (Fsp3) is 0.333. The van der Waals surface area contributed by atoms with E-state index in [2.05, 4.69) is 10.4 Å². The van der Waals surface area contributed by atoms with E-state index in [0.717, 1.165) is 0 Å². The van der Waals surface area contributed by atoms with E-state index in [0.29, 0.717) is 0 Å². The molecule has 2 aromatic heterocycles. The van der Waals surface area contributed by atoms with Gasteiger partial charge in [0.25, 0.3) is 11.5 Å². The number of amides is 1. The number of nitrogens with zero attached hydrogens (tertiary/aromatic N) is 3. The Labute approximate surface area is 118 Å². The number of rotatable bonds is 4. The lowest BCUT2D eigenvalue weighted by Crippen LogP contribution is -2.38. The summed E-state index contributed by atoms with van der Waals surface area (Å²) < 4.78 is 2.40. The summed E-state index contributed by atoms with van der Waals surface area (Å²) in [6.45, 7) is 2.79. The number of aromatic hydroxyl groups is 1. The maximum Gasteiger partial charge on any atom is 0.322 e. The molecule has 0 atom stereocenters. The molecule has 0 aromatic carbocycles. The molecular formula is C12H14N4O5. The molecule has 2 aromatic rings. The van der Waals surface area contributed by atoms with Gasteiger partial charge < -0.3 is 15.5 Å². The van der Waals surface area contributed by atoms with Crippen molar-refractivity contribution in [3.8, 4) is 5.75 Å². The first kappa shape index (κ1) is 14.6. The molecule has 1 amide bonds. The monoisotopic (exact) mass is 294 g/mol. The van der Waals surface area contributed by atoms with Crippen LogP contribution in [0.2, 0.25) is 0 Å². The largest absolute Gasteiger partial charge is 0.505 e. The van der Waals surface area contributed by atoms with Crippen molar-refractivity contribution < 1.29 is 19.8 Å². The van der Waals surface area contributed by atoms with Crippen molar-refractivity contribution in [1.29, 1.82) is 0 Å². The number of nitrogens with one attached hydrogen (secondary N) is 1. The highest BCUT2D eigenvalue weighted by atomic mass is 16.4. The highest BCUT2D eigenvalue weighted by molar-refractivity contribution is 5.99. The lowest BCUT2D eigenvalue weighted by Gasteiger charge is -2.15. The predicted molar refractivity (Wildman–Crippen MR) is 71.5 cm³/mol. The number of carboxylic acid groups (broad SMARTS) is 1. The maximum absolute atomic E-state index is 12.4. The Balaban J connectivity index is 2.66. The lowest BCUT2D eigenvalue weighted by molar-refractivity contribution is -0.135. The number of hydrogen-bond acceptors (Lipinski definition) is 5. The Morgan fingerprint density at radius 2 is 2.10 bits per heavy atom. The highest BCUT2D eigenvalue weighted by Gasteiger charge is 2.24. The van der Waals surface area contributed by atoms with E-state index in [1.807, 2.05) is 0 Å². The molecule has 0 spiro atoms. The van der Waals surface area contributed by atoms with E-state index in [4.69, 9.17) is 5.11 Å². The second kappa shape index (κ2) is 5.27.